The second-order valence-corrected chi connectivity index (χ2v) is 7.83. The Balaban J connectivity index is 1.99. The van der Waals surface area contributed by atoms with Gasteiger partial charge >= 0.3 is 0 Å². The number of ether oxygens (including phenoxy) is 2. The molecular weight excluding hydrogens is 439 g/mol. The number of rotatable bonds is 10. The summed E-state index contributed by atoms with van der Waals surface area (Å²) in [6, 6.07) is 12.1. The van der Waals surface area contributed by atoms with Gasteiger partial charge in [-0.1, -0.05) is 42.3 Å². The van der Waals surface area contributed by atoms with E-state index in [1.807, 2.05) is 19.1 Å². The Labute approximate surface area is 191 Å². The summed E-state index contributed by atoms with van der Waals surface area (Å²) in [5, 5.41) is 3.85. The van der Waals surface area contributed by atoms with Crippen LogP contribution in [0.15, 0.2) is 48.2 Å². The molecule has 2 aromatic carbocycles. The van der Waals surface area contributed by atoms with E-state index in [1.165, 1.54) is 4.90 Å². The number of carbonyl (C=O) groups is 2. The average molecular weight is 463 g/mol. The van der Waals surface area contributed by atoms with Crippen molar-refractivity contribution >= 4 is 46.3 Å². The highest BCUT2D eigenvalue weighted by atomic mass is 35.5. The summed E-state index contributed by atoms with van der Waals surface area (Å²) in [5.41, 5.74) is 1.45. The minimum Gasteiger partial charge on any atom is -0.494 e. The third-order valence-corrected chi connectivity index (χ3v) is 5.22. The van der Waals surface area contributed by atoms with E-state index in [1.54, 1.807) is 37.4 Å². The molecule has 0 spiro atoms. The lowest BCUT2D eigenvalue weighted by atomic mass is 10.0. The van der Waals surface area contributed by atoms with Gasteiger partial charge in [-0.25, -0.2) is 0 Å². The van der Waals surface area contributed by atoms with E-state index in [4.69, 9.17) is 32.7 Å². The molecule has 0 saturated heterocycles. The number of methoxy groups -OCH3 is 1. The second kappa shape index (κ2) is 10.7. The normalized spacial score (nSPS) is 13.9. The van der Waals surface area contributed by atoms with Crippen LogP contribution in [0.25, 0.3) is 5.57 Å². The number of imide groups is 1. The van der Waals surface area contributed by atoms with Gasteiger partial charge in [0.05, 0.1) is 17.2 Å². The van der Waals surface area contributed by atoms with Gasteiger partial charge in [-0.2, -0.15) is 0 Å². The van der Waals surface area contributed by atoms with Crippen molar-refractivity contribution in [1.82, 2.24) is 4.90 Å². The highest BCUT2D eigenvalue weighted by Gasteiger charge is 2.39. The number of carbonyl (C=O) groups excluding carboxylic acids is 2. The summed E-state index contributed by atoms with van der Waals surface area (Å²) >= 11 is 12.4. The molecule has 1 N–H and O–H groups in total. The predicted octanol–water partition coefficient (Wildman–Crippen LogP) is 5.01. The number of amides is 2. The molecule has 31 heavy (non-hydrogen) atoms. The molecule has 2 aromatic rings. The van der Waals surface area contributed by atoms with Crippen molar-refractivity contribution in [2.75, 3.05) is 32.2 Å². The minimum absolute atomic E-state index is 0.166. The van der Waals surface area contributed by atoms with Crippen molar-refractivity contribution in [1.29, 1.82) is 0 Å². The molecule has 3 rings (SSSR count). The van der Waals surface area contributed by atoms with Gasteiger partial charge in [0.15, 0.2) is 0 Å². The topological polar surface area (TPSA) is 67.9 Å². The van der Waals surface area contributed by atoms with E-state index in [0.29, 0.717) is 46.7 Å². The van der Waals surface area contributed by atoms with Crippen LogP contribution in [0, 0.1) is 0 Å². The van der Waals surface area contributed by atoms with E-state index in [2.05, 4.69) is 5.32 Å². The molecule has 2 amide bonds. The second-order valence-electron chi connectivity index (χ2n) is 6.98. The Hall–Kier alpha value is -2.54. The van der Waals surface area contributed by atoms with Crippen LogP contribution in [-0.2, 0) is 14.3 Å². The zero-order valence-corrected chi connectivity index (χ0v) is 18.9. The van der Waals surface area contributed by atoms with Crippen molar-refractivity contribution in [3.63, 3.8) is 0 Å². The fraction of sp³-hybridized carbons (Fsp3) is 0.304. The lowest BCUT2D eigenvalue weighted by Crippen LogP contribution is -2.33. The number of hydrogen-bond donors (Lipinski definition) is 1. The molecule has 0 aliphatic carbocycles. The first kappa shape index (κ1) is 23.1. The van der Waals surface area contributed by atoms with Crippen LogP contribution < -0.4 is 10.1 Å². The quantitative estimate of drug-likeness (QED) is 0.396. The molecule has 0 radical (unpaired) electrons. The number of nitrogens with zero attached hydrogens (tertiary/aromatic N) is 1. The van der Waals surface area contributed by atoms with Crippen LogP contribution >= 0.6 is 23.2 Å². The fourth-order valence-corrected chi connectivity index (χ4v) is 3.74. The summed E-state index contributed by atoms with van der Waals surface area (Å²) < 4.78 is 10.7. The number of hydrogen-bond acceptors (Lipinski definition) is 5. The SMILES string of the molecule is CCCOc1cccc(NC2=C(c3ccc(Cl)cc3Cl)C(=O)N(CCCOC)C2=O)c1. The molecule has 0 aromatic heterocycles. The van der Waals surface area contributed by atoms with E-state index < -0.39 is 11.8 Å². The molecule has 164 valence electrons. The van der Waals surface area contributed by atoms with Crippen molar-refractivity contribution in [2.24, 2.45) is 0 Å². The molecule has 0 fully saturated rings. The predicted molar refractivity (Wildman–Crippen MR) is 122 cm³/mol. The molecule has 1 aliphatic rings. The summed E-state index contributed by atoms with van der Waals surface area (Å²) in [6.45, 7) is 3.29. The van der Waals surface area contributed by atoms with E-state index in [0.717, 1.165) is 6.42 Å². The maximum absolute atomic E-state index is 13.2. The van der Waals surface area contributed by atoms with Crippen LogP contribution in [0.1, 0.15) is 25.3 Å². The van der Waals surface area contributed by atoms with Gasteiger partial charge in [-0.3, -0.25) is 14.5 Å². The first-order valence-corrected chi connectivity index (χ1v) is 10.8. The van der Waals surface area contributed by atoms with Crippen molar-refractivity contribution in [2.45, 2.75) is 19.8 Å². The molecule has 0 unspecified atom stereocenters. The summed E-state index contributed by atoms with van der Waals surface area (Å²) in [7, 11) is 1.57. The maximum atomic E-state index is 13.2. The molecule has 8 heteroatoms. The van der Waals surface area contributed by atoms with Gasteiger partial charge in [0.2, 0.25) is 0 Å². The van der Waals surface area contributed by atoms with Gasteiger partial charge < -0.3 is 14.8 Å². The van der Waals surface area contributed by atoms with Crippen molar-refractivity contribution < 1.29 is 19.1 Å². The monoisotopic (exact) mass is 462 g/mol. The van der Waals surface area contributed by atoms with Gasteiger partial charge in [-0.05, 0) is 37.1 Å². The third kappa shape index (κ3) is 5.39. The fourth-order valence-electron chi connectivity index (χ4n) is 3.23. The van der Waals surface area contributed by atoms with Gasteiger partial charge in [0.25, 0.3) is 11.8 Å². The van der Waals surface area contributed by atoms with Crippen LogP contribution in [0.2, 0.25) is 10.0 Å². The molecule has 0 bridgehead atoms. The summed E-state index contributed by atoms with van der Waals surface area (Å²) in [6.07, 6.45) is 1.41. The highest BCUT2D eigenvalue weighted by Crippen LogP contribution is 2.35. The van der Waals surface area contributed by atoms with Crippen molar-refractivity contribution in [3.05, 3.63) is 63.8 Å². The maximum Gasteiger partial charge on any atom is 0.278 e. The Morgan fingerprint density at radius 2 is 1.84 bits per heavy atom. The van der Waals surface area contributed by atoms with Gasteiger partial charge in [0.1, 0.15) is 11.4 Å². The number of nitrogens with one attached hydrogen (secondary N) is 1. The largest absolute Gasteiger partial charge is 0.494 e. The lowest BCUT2D eigenvalue weighted by molar-refractivity contribution is -0.136. The van der Waals surface area contributed by atoms with Gasteiger partial charge in [-0.15, -0.1) is 0 Å². The van der Waals surface area contributed by atoms with E-state index >= 15 is 0 Å². The lowest BCUT2D eigenvalue weighted by Gasteiger charge is -2.15. The molecular formula is C23H24Cl2N2O4. The number of benzene rings is 2. The Kier molecular flexibility index (Phi) is 7.96. The Morgan fingerprint density at radius 1 is 1.03 bits per heavy atom. The molecule has 0 saturated carbocycles. The third-order valence-electron chi connectivity index (χ3n) is 4.67. The summed E-state index contributed by atoms with van der Waals surface area (Å²) in [4.78, 5) is 27.6. The van der Waals surface area contributed by atoms with Gasteiger partial charge in [0, 0.05) is 42.6 Å². The highest BCUT2D eigenvalue weighted by molar-refractivity contribution is 6.41. The first-order valence-electron chi connectivity index (χ1n) is 10.0. The number of anilines is 1. The van der Waals surface area contributed by atoms with Crippen LogP contribution in [-0.4, -0.2) is 43.6 Å². The zero-order valence-electron chi connectivity index (χ0n) is 17.4. The average Bonchev–Trinajstić information content (AvgIpc) is 2.97. The van der Waals surface area contributed by atoms with Crippen molar-refractivity contribution in [3.8, 4) is 5.75 Å². The summed E-state index contributed by atoms with van der Waals surface area (Å²) in [5.74, 6) is -0.152. The molecule has 1 heterocycles. The molecule has 6 nitrogen and oxygen atoms in total. The minimum atomic E-state index is -0.415. The standard InChI is InChI=1S/C23H24Cl2N2O4/c1-3-11-31-17-7-4-6-16(14-17)26-21-20(18-9-8-15(24)13-19(18)25)22(28)27(23(21)29)10-5-12-30-2/h4,6-9,13-14,26H,3,5,10-12H2,1-2H3. The zero-order chi connectivity index (χ0) is 22.4. The Bertz CT molecular complexity index is 1010. The van der Waals surface area contributed by atoms with E-state index in [9.17, 15) is 9.59 Å². The van der Waals surface area contributed by atoms with Crippen LogP contribution in [0.3, 0.4) is 0 Å². The smallest absolute Gasteiger partial charge is 0.278 e. The van der Waals surface area contributed by atoms with E-state index in [-0.39, 0.29) is 17.8 Å². The number of halogens is 2. The first-order chi connectivity index (χ1) is 15.0. The molecule has 1 aliphatic heterocycles. The van der Waals surface area contributed by atoms with Crippen LogP contribution in [0.5, 0.6) is 5.75 Å². The van der Waals surface area contributed by atoms with Crippen LogP contribution in [0.4, 0.5) is 5.69 Å². The Morgan fingerprint density at radius 3 is 2.55 bits per heavy atom. The molecule has 0 atom stereocenters.